The van der Waals surface area contributed by atoms with Crippen LogP contribution in [-0.2, 0) is 16.4 Å². The van der Waals surface area contributed by atoms with E-state index in [1.54, 1.807) is 48.5 Å². The summed E-state index contributed by atoms with van der Waals surface area (Å²) in [4.78, 5) is 0.247. The molecule has 0 aliphatic heterocycles. The molecule has 0 unspecified atom stereocenters. The quantitative estimate of drug-likeness (QED) is 0.877. The molecule has 100 valence electrons. The average molecular weight is 276 g/mol. The smallest absolute Gasteiger partial charge is 0.261 e. The lowest BCUT2D eigenvalue weighted by atomic mass is 10.2. The number of hydrogen-bond acceptors (Lipinski definition) is 3. The normalized spacial score (nSPS) is 11.2. The summed E-state index contributed by atoms with van der Waals surface area (Å²) in [6.07, 6.45) is 0.743. The molecule has 19 heavy (non-hydrogen) atoms. The summed E-state index contributed by atoms with van der Waals surface area (Å²) in [7, 11) is -3.53. The van der Waals surface area contributed by atoms with E-state index in [-0.39, 0.29) is 4.90 Å². The highest BCUT2D eigenvalue weighted by Gasteiger charge is 2.13. The van der Waals surface area contributed by atoms with Gasteiger partial charge in [-0.3, -0.25) is 4.72 Å². The van der Waals surface area contributed by atoms with Crippen LogP contribution < -0.4 is 10.5 Å². The first kappa shape index (κ1) is 13.6. The van der Waals surface area contributed by atoms with Crippen molar-refractivity contribution in [3.63, 3.8) is 0 Å². The van der Waals surface area contributed by atoms with E-state index < -0.39 is 10.0 Å². The zero-order valence-corrected chi connectivity index (χ0v) is 11.2. The Morgan fingerprint density at radius 3 is 2.16 bits per heavy atom. The summed E-state index contributed by atoms with van der Waals surface area (Å²) >= 11 is 0. The van der Waals surface area contributed by atoms with Gasteiger partial charge in [-0.2, -0.15) is 0 Å². The first-order valence-corrected chi connectivity index (χ1v) is 7.47. The van der Waals surface area contributed by atoms with Crippen molar-refractivity contribution in [1.29, 1.82) is 0 Å². The van der Waals surface area contributed by atoms with Gasteiger partial charge in [0.05, 0.1) is 4.90 Å². The Balaban J connectivity index is 2.20. The van der Waals surface area contributed by atoms with E-state index in [0.29, 0.717) is 12.2 Å². The number of anilines is 1. The zero-order chi connectivity index (χ0) is 13.7. The van der Waals surface area contributed by atoms with E-state index in [0.717, 1.165) is 12.0 Å². The van der Waals surface area contributed by atoms with Gasteiger partial charge in [-0.1, -0.05) is 30.3 Å². The minimum absolute atomic E-state index is 0.247. The maximum Gasteiger partial charge on any atom is 0.261 e. The molecule has 0 bridgehead atoms. The van der Waals surface area contributed by atoms with Gasteiger partial charge in [0.2, 0.25) is 0 Å². The van der Waals surface area contributed by atoms with Crippen LogP contribution in [0.2, 0.25) is 0 Å². The molecule has 2 rings (SSSR count). The Labute approximate surface area is 113 Å². The second-order valence-corrected chi connectivity index (χ2v) is 5.84. The fourth-order valence-corrected chi connectivity index (χ4v) is 2.78. The summed E-state index contributed by atoms with van der Waals surface area (Å²) < 4.78 is 26.8. The highest BCUT2D eigenvalue weighted by molar-refractivity contribution is 7.92. The number of hydrogen-bond donors (Lipinski definition) is 2. The van der Waals surface area contributed by atoms with Crippen molar-refractivity contribution < 1.29 is 8.42 Å². The van der Waals surface area contributed by atoms with Gasteiger partial charge in [-0.05, 0) is 42.8 Å². The first-order chi connectivity index (χ1) is 9.12. The molecule has 0 spiro atoms. The SMILES string of the molecule is NCCc1ccc(S(=O)(=O)Nc2ccccc2)cc1. The van der Waals surface area contributed by atoms with Crippen molar-refractivity contribution in [2.45, 2.75) is 11.3 Å². The number of nitrogens with two attached hydrogens (primary N) is 1. The third-order valence-electron chi connectivity index (χ3n) is 2.69. The molecule has 0 aromatic heterocycles. The fourth-order valence-electron chi connectivity index (χ4n) is 1.72. The Morgan fingerprint density at radius 1 is 0.947 bits per heavy atom. The largest absolute Gasteiger partial charge is 0.330 e. The van der Waals surface area contributed by atoms with E-state index in [4.69, 9.17) is 5.73 Å². The number of rotatable bonds is 5. The molecule has 0 atom stereocenters. The molecule has 0 saturated carbocycles. The van der Waals surface area contributed by atoms with Crippen molar-refractivity contribution in [3.05, 3.63) is 60.2 Å². The standard InChI is InChI=1S/C14H16N2O2S/c15-11-10-12-6-8-14(9-7-12)19(17,18)16-13-4-2-1-3-5-13/h1-9,16H,10-11,15H2. The first-order valence-electron chi connectivity index (χ1n) is 5.99. The molecular formula is C14H16N2O2S. The number of para-hydroxylation sites is 1. The number of sulfonamides is 1. The number of benzene rings is 2. The molecule has 4 nitrogen and oxygen atoms in total. The van der Waals surface area contributed by atoms with Crippen LogP contribution in [0.25, 0.3) is 0 Å². The molecule has 0 aliphatic rings. The van der Waals surface area contributed by atoms with Crippen molar-refractivity contribution in [3.8, 4) is 0 Å². The van der Waals surface area contributed by atoms with Gasteiger partial charge in [-0.25, -0.2) is 8.42 Å². The van der Waals surface area contributed by atoms with Crippen LogP contribution in [0, 0.1) is 0 Å². The highest BCUT2D eigenvalue weighted by Crippen LogP contribution is 2.16. The average Bonchev–Trinajstić information content (AvgIpc) is 2.40. The fraction of sp³-hybridized carbons (Fsp3) is 0.143. The molecule has 2 aromatic rings. The molecule has 0 radical (unpaired) electrons. The Bertz CT molecular complexity index is 622. The van der Waals surface area contributed by atoms with Gasteiger partial charge in [0.15, 0.2) is 0 Å². The van der Waals surface area contributed by atoms with Gasteiger partial charge < -0.3 is 5.73 Å². The molecule has 5 heteroatoms. The van der Waals surface area contributed by atoms with Gasteiger partial charge in [0.25, 0.3) is 10.0 Å². The van der Waals surface area contributed by atoms with Gasteiger partial charge in [0, 0.05) is 5.69 Å². The summed E-state index contributed by atoms with van der Waals surface area (Å²) in [5.41, 5.74) is 7.03. The van der Waals surface area contributed by atoms with Crippen LogP contribution in [0.4, 0.5) is 5.69 Å². The molecule has 0 heterocycles. The zero-order valence-electron chi connectivity index (χ0n) is 10.4. The topological polar surface area (TPSA) is 72.2 Å². The minimum atomic E-state index is -3.53. The summed E-state index contributed by atoms with van der Waals surface area (Å²) in [5, 5.41) is 0. The predicted molar refractivity (Wildman–Crippen MR) is 76.5 cm³/mol. The Kier molecular flexibility index (Phi) is 4.19. The second-order valence-electron chi connectivity index (χ2n) is 4.15. The van der Waals surface area contributed by atoms with Gasteiger partial charge in [0.1, 0.15) is 0 Å². The molecule has 0 aliphatic carbocycles. The molecule has 0 amide bonds. The van der Waals surface area contributed by atoms with Gasteiger partial charge in [-0.15, -0.1) is 0 Å². The molecule has 2 aromatic carbocycles. The van der Waals surface area contributed by atoms with Crippen LogP contribution in [0.5, 0.6) is 0 Å². The highest BCUT2D eigenvalue weighted by atomic mass is 32.2. The molecule has 0 fully saturated rings. The predicted octanol–water partition coefficient (Wildman–Crippen LogP) is 1.99. The third-order valence-corrected chi connectivity index (χ3v) is 4.09. The van der Waals surface area contributed by atoms with Crippen LogP contribution >= 0.6 is 0 Å². The van der Waals surface area contributed by atoms with Gasteiger partial charge >= 0.3 is 0 Å². The second kappa shape index (κ2) is 5.86. The Morgan fingerprint density at radius 2 is 1.58 bits per heavy atom. The third kappa shape index (κ3) is 3.56. The monoisotopic (exact) mass is 276 g/mol. The van der Waals surface area contributed by atoms with E-state index in [1.807, 2.05) is 6.07 Å². The van der Waals surface area contributed by atoms with Crippen LogP contribution in [-0.4, -0.2) is 15.0 Å². The van der Waals surface area contributed by atoms with Crippen LogP contribution in [0.15, 0.2) is 59.5 Å². The summed E-state index contributed by atoms with van der Waals surface area (Å²) in [6.45, 7) is 0.550. The lowest BCUT2D eigenvalue weighted by molar-refractivity contribution is 0.601. The van der Waals surface area contributed by atoms with Crippen molar-refractivity contribution in [2.24, 2.45) is 5.73 Å². The number of nitrogens with one attached hydrogen (secondary N) is 1. The van der Waals surface area contributed by atoms with Crippen molar-refractivity contribution in [2.75, 3.05) is 11.3 Å². The van der Waals surface area contributed by atoms with E-state index in [9.17, 15) is 8.42 Å². The maximum absolute atomic E-state index is 12.1. The van der Waals surface area contributed by atoms with Crippen LogP contribution in [0.1, 0.15) is 5.56 Å². The molecule has 3 N–H and O–H groups in total. The Hall–Kier alpha value is -1.85. The van der Waals surface area contributed by atoms with E-state index >= 15 is 0 Å². The van der Waals surface area contributed by atoms with Crippen molar-refractivity contribution in [1.82, 2.24) is 0 Å². The van der Waals surface area contributed by atoms with E-state index in [2.05, 4.69) is 4.72 Å². The lowest BCUT2D eigenvalue weighted by Gasteiger charge is -2.08. The minimum Gasteiger partial charge on any atom is -0.330 e. The van der Waals surface area contributed by atoms with Crippen molar-refractivity contribution >= 4 is 15.7 Å². The lowest BCUT2D eigenvalue weighted by Crippen LogP contribution is -2.13. The summed E-state index contributed by atoms with van der Waals surface area (Å²) in [6, 6.07) is 15.6. The summed E-state index contributed by atoms with van der Waals surface area (Å²) in [5.74, 6) is 0. The maximum atomic E-state index is 12.1. The van der Waals surface area contributed by atoms with Crippen LogP contribution in [0.3, 0.4) is 0 Å². The molecular weight excluding hydrogens is 260 g/mol. The van der Waals surface area contributed by atoms with E-state index in [1.165, 1.54) is 0 Å². The molecule has 0 saturated heterocycles.